The van der Waals surface area contributed by atoms with Crippen molar-refractivity contribution in [2.75, 3.05) is 29.9 Å². The fourth-order valence-corrected chi connectivity index (χ4v) is 6.34. The maximum atomic E-state index is 12.5. The molecule has 4 fully saturated rings. The number of carbonyl (C=O) groups excluding carboxylic acids is 1. The SMILES string of the molecule is C[C@H](Nc1nccc(N2C(=O)OC[C@]2(C)C2CC2)n1)c1ccc(CN2CC3CCC(C3)C2)cc1. The van der Waals surface area contributed by atoms with Crippen LogP contribution in [0.25, 0.3) is 0 Å². The molecule has 7 heteroatoms. The molecule has 3 heterocycles. The molecule has 2 aromatic rings. The third-order valence-electron chi connectivity index (χ3n) is 8.42. The minimum absolute atomic E-state index is 0.0514. The van der Waals surface area contributed by atoms with E-state index >= 15 is 0 Å². The van der Waals surface area contributed by atoms with E-state index < -0.39 is 0 Å². The largest absolute Gasteiger partial charge is 0.447 e. The highest BCUT2D eigenvalue weighted by atomic mass is 16.6. The Morgan fingerprint density at radius 3 is 2.56 bits per heavy atom. The molecule has 4 atom stereocenters. The minimum Gasteiger partial charge on any atom is -0.447 e. The van der Waals surface area contributed by atoms with E-state index in [-0.39, 0.29) is 17.7 Å². The predicted molar refractivity (Wildman–Crippen MR) is 132 cm³/mol. The smallest absolute Gasteiger partial charge is 0.416 e. The van der Waals surface area contributed by atoms with Crippen LogP contribution < -0.4 is 10.2 Å². The zero-order chi connectivity index (χ0) is 23.3. The summed E-state index contributed by atoms with van der Waals surface area (Å²) in [5.74, 6) is 3.44. The van der Waals surface area contributed by atoms with E-state index in [0.717, 1.165) is 31.2 Å². The molecule has 180 valence electrons. The van der Waals surface area contributed by atoms with Crippen molar-refractivity contribution in [1.82, 2.24) is 14.9 Å². The van der Waals surface area contributed by atoms with Crippen LogP contribution in [-0.4, -0.2) is 46.2 Å². The highest BCUT2D eigenvalue weighted by molar-refractivity contribution is 5.90. The van der Waals surface area contributed by atoms with Gasteiger partial charge in [-0.15, -0.1) is 0 Å². The van der Waals surface area contributed by atoms with Crippen molar-refractivity contribution in [3.8, 4) is 0 Å². The second-order valence-corrected chi connectivity index (χ2v) is 11.1. The molecule has 4 aliphatic rings. The number of hydrogen-bond donors (Lipinski definition) is 1. The number of hydrogen-bond acceptors (Lipinski definition) is 6. The third kappa shape index (κ3) is 4.15. The number of nitrogens with zero attached hydrogens (tertiary/aromatic N) is 4. The molecular formula is C27H35N5O2. The average Bonchev–Trinajstić information content (AvgIpc) is 3.57. The summed E-state index contributed by atoms with van der Waals surface area (Å²) in [5.41, 5.74) is 2.25. The molecule has 2 unspecified atom stereocenters. The molecule has 2 bridgehead atoms. The number of amides is 1. The normalized spacial score (nSPS) is 29.8. The van der Waals surface area contributed by atoms with Crippen LogP contribution in [0.1, 0.15) is 63.1 Å². The Morgan fingerprint density at radius 2 is 1.85 bits per heavy atom. The van der Waals surface area contributed by atoms with Gasteiger partial charge < -0.3 is 10.1 Å². The molecule has 1 aromatic heterocycles. The van der Waals surface area contributed by atoms with Crippen LogP contribution in [0.5, 0.6) is 0 Å². The van der Waals surface area contributed by atoms with E-state index in [2.05, 4.69) is 58.3 Å². The van der Waals surface area contributed by atoms with Crippen molar-refractivity contribution in [2.45, 2.75) is 64.1 Å². The summed E-state index contributed by atoms with van der Waals surface area (Å²) >= 11 is 0. The third-order valence-corrected chi connectivity index (χ3v) is 8.42. The molecule has 1 aromatic carbocycles. The van der Waals surface area contributed by atoms with Crippen LogP contribution in [0.15, 0.2) is 36.5 Å². The van der Waals surface area contributed by atoms with Crippen molar-refractivity contribution in [3.05, 3.63) is 47.7 Å². The number of fused-ring (bicyclic) bond motifs is 2. The molecule has 2 saturated heterocycles. The standard InChI is InChI=1S/C27H35N5O2/c1-18(22-7-5-19(6-8-22)14-31-15-20-3-4-21(13-20)16-31)29-25-28-12-11-24(30-25)32-26(33)34-17-27(32,2)23-9-10-23/h5-8,11-12,18,20-21,23H,3-4,9-10,13-17H2,1-2H3,(H,28,29,30)/t18-,20?,21?,27+/m0/s1. The lowest BCUT2D eigenvalue weighted by Crippen LogP contribution is -2.47. The van der Waals surface area contributed by atoms with E-state index in [4.69, 9.17) is 4.74 Å². The monoisotopic (exact) mass is 461 g/mol. The summed E-state index contributed by atoms with van der Waals surface area (Å²) in [7, 11) is 0. The number of piperidine rings is 1. The van der Waals surface area contributed by atoms with Gasteiger partial charge in [-0.05, 0) is 80.9 Å². The Labute approximate surface area is 201 Å². The van der Waals surface area contributed by atoms with Gasteiger partial charge in [-0.1, -0.05) is 24.3 Å². The number of cyclic esters (lactones) is 1. The lowest BCUT2D eigenvalue weighted by molar-refractivity contribution is 0.161. The van der Waals surface area contributed by atoms with Gasteiger partial charge in [-0.25, -0.2) is 9.78 Å². The summed E-state index contributed by atoms with van der Waals surface area (Å²) in [5, 5.41) is 3.42. The number of ether oxygens (including phenoxy) is 1. The van der Waals surface area contributed by atoms with E-state index in [0.29, 0.717) is 24.3 Å². The van der Waals surface area contributed by atoms with Crippen LogP contribution in [0.4, 0.5) is 16.6 Å². The van der Waals surface area contributed by atoms with Gasteiger partial charge in [0.25, 0.3) is 0 Å². The average molecular weight is 462 g/mol. The van der Waals surface area contributed by atoms with Gasteiger partial charge in [0.15, 0.2) is 0 Å². The molecule has 2 aliphatic carbocycles. The lowest BCUT2D eigenvalue weighted by atomic mass is 9.96. The Bertz CT molecular complexity index is 1040. The van der Waals surface area contributed by atoms with Crippen molar-refractivity contribution < 1.29 is 9.53 Å². The number of benzene rings is 1. The fraction of sp³-hybridized carbons (Fsp3) is 0.593. The minimum atomic E-state index is -0.321. The first-order valence-electron chi connectivity index (χ1n) is 12.9. The van der Waals surface area contributed by atoms with Gasteiger partial charge >= 0.3 is 6.09 Å². The van der Waals surface area contributed by atoms with Gasteiger partial charge in [0.05, 0.1) is 11.6 Å². The zero-order valence-electron chi connectivity index (χ0n) is 20.2. The second-order valence-electron chi connectivity index (χ2n) is 11.1. The van der Waals surface area contributed by atoms with Crippen molar-refractivity contribution >= 4 is 17.9 Å². The Kier molecular flexibility index (Phi) is 5.47. The van der Waals surface area contributed by atoms with Crippen LogP contribution in [0, 0.1) is 17.8 Å². The van der Waals surface area contributed by atoms with Gasteiger partial charge in [0, 0.05) is 25.8 Å². The van der Waals surface area contributed by atoms with Gasteiger partial charge in [-0.2, -0.15) is 4.98 Å². The van der Waals surface area contributed by atoms with E-state index in [1.807, 2.05) is 0 Å². The fourth-order valence-electron chi connectivity index (χ4n) is 6.34. The van der Waals surface area contributed by atoms with E-state index in [1.165, 1.54) is 43.5 Å². The summed E-state index contributed by atoms with van der Waals surface area (Å²) < 4.78 is 5.41. The highest BCUT2D eigenvalue weighted by Crippen LogP contribution is 2.47. The molecular weight excluding hydrogens is 426 g/mol. The molecule has 2 aliphatic heterocycles. The van der Waals surface area contributed by atoms with Crippen molar-refractivity contribution in [1.29, 1.82) is 0 Å². The van der Waals surface area contributed by atoms with Gasteiger partial charge in [0.2, 0.25) is 5.95 Å². The molecule has 1 amide bonds. The maximum absolute atomic E-state index is 12.5. The van der Waals surface area contributed by atoms with Crippen LogP contribution in [-0.2, 0) is 11.3 Å². The number of anilines is 2. The summed E-state index contributed by atoms with van der Waals surface area (Å²) in [6.07, 6.45) is 7.95. The second kappa shape index (κ2) is 8.52. The summed E-state index contributed by atoms with van der Waals surface area (Å²) in [4.78, 5) is 26.0. The van der Waals surface area contributed by atoms with Crippen molar-refractivity contribution in [2.24, 2.45) is 17.8 Å². The van der Waals surface area contributed by atoms with E-state index in [1.54, 1.807) is 17.2 Å². The number of aromatic nitrogens is 2. The first-order chi connectivity index (χ1) is 16.5. The first-order valence-corrected chi connectivity index (χ1v) is 12.9. The molecule has 2 saturated carbocycles. The Hall–Kier alpha value is -2.67. The molecule has 1 N–H and O–H groups in total. The molecule has 7 nitrogen and oxygen atoms in total. The number of nitrogens with one attached hydrogen (secondary N) is 1. The van der Waals surface area contributed by atoms with Crippen molar-refractivity contribution in [3.63, 3.8) is 0 Å². The Balaban J connectivity index is 1.11. The predicted octanol–water partition coefficient (Wildman–Crippen LogP) is 5.01. The van der Waals surface area contributed by atoms with Crippen LogP contribution >= 0.6 is 0 Å². The number of carbonyl (C=O) groups is 1. The quantitative estimate of drug-likeness (QED) is 0.625. The number of likely N-dealkylation sites (tertiary alicyclic amines) is 1. The van der Waals surface area contributed by atoms with Gasteiger partial charge in [0.1, 0.15) is 12.4 Å². The zero-order valence-corrected chi connectivity index (χ0v) is 20.2. The number of rotatable bonds is 7. The molecule has 0 spiro atoms. The van der Waals surface area contributed by atoms with Crippen LogP contribution in [0.2, 0.25) is 0 Å². The summed E-state index contributed by atoms with van der Waals surface area (Å²) in [6.45, 7) is 8.20. The highest BCUT2D eigenvalue weighted by Gasteiger charge is 2.54. The van der Waals surface area contributed by atoms with Gasteiger partial charge in [-0.3, -0.25) is 9.80 Å². The lowest BCUT2D eigenvalue weighted by Gasteiger charge is -2.31. The van der Waals surface area contributed by atoms with Crippen LogP contribution in [0.3, 0.4) is 0 Å². The first kappa shape index (κ1) is 21.8. The molecule has 34 heavy (non-hydrogen) atoms. The van der Waals surface area contributed by atoms with E-state index in [9.17, 15) is 4.79 Å². The molecule has 6 rings (SSSR count). The Morgan fingerprint density at radius 1 is 1.12 bits per heavy atom. The molecule has 0 radical (unpaired) electrons. The topological polar surface area (TPSA) is 70.6 Å². The maximum Gasteiger partial charge on any atom is 0.416 e. The summed E-state index contributed by atoms with van der Waals surface area (Å²) in [6, 6.07) is 10.8.